The summed E-state index contributed by atoms with van der Waals surface area (Å²) >= 11 is 3.58. The summed E-state index contributed by atoms with van der Waals surface area (Å²) in [6.07, 6.45) is 1.77. The predicted molar refractivity (Wildman–Crippen MR) is 105 cm³/mol. The van der Waals surface area contributed by atoms with Gasteiger partial charge in [0.1, 0.15) is 5.75 Å². The molecule has 2 rings (SSSR count). The molecule has 25 heavy (non-hydrogen) atoms. The second-order valence-corrected chi connectivity index (χ2v) is 6.62. The molecule has 0 aliphatic heterocycles. The standard InChI is InChI=1S/C21H22BrNO2/c1-5-20(18-13-17(25-4)11-12-19(18)22)23(21(24)15(2)3)14-16-9-7-6-8-10-16/h5-13,20H,1-2,14H2,3-4H3. The van der Waals surface area contributed by atoms with Crippen LogP contribution in [0.3, 0.4) is 0 Å². The van der Waals surface area contributed by atoms with Crippen molar-refractivity contribution in [3.05, 3.63) is 88.9 Å². The summed E-state index contributed by atoms with van der Waals surface area (Å²) in [6.45, 7) is 9.96. The minimum absolute atomic E-state index is 0.108. The van der Waals surface area contributed by atoms with Crippen LogP contribution in [0.5, 0.6) is 5.75 Å². The van der Waals surface area contributed by atoms with Crippen LogP contribution >= 0.6 is 15.9 Å². The number of methoxy groups -OCH3 is 1. The van der Waals surface area contributed by atoms with E-state index in [0.29, 0.717) is 12.1 Å². The lowest BCUT2D eigenvalue weighted by molar-refractivity contribution is -0.129. The largest absolute Gasteiger partial charge is 0.497 e. The van der Waals surface area contributed by atoms with Crippen molar-refractivity contribution < 1.29 is 9.53 Å². The van der Waals surface area contributed by atoms with Crippen molar-refractivity contribution in [1.82, 2.24) is 4.90 Å². The molecule has 1 unspecified atom stereocenters. The van der Waals surface area contributed by atoms with Gasteiger partial charge in [0.25, 0.3) is 0 Å². The molecule has 0 bridgehead atoms. The quantitative estimate of drug-likeness (QED) is 0.467. The van der Waals surface area contributed by atoms with Crippen LogP contribution in [0.25, 0.3) is 0 Å². The molecule has 0 saturated heterocycles. The first-order chi connectivity index (χ1) is 12.0. The molecule has 0 spiro atoms. The maximum absolute atomic E-state index is 12.8. The van der Waals surface area contributed by atoms with Gasteiger partial charge in [0.15, 0.2) is 0 Å². The van der Waals surface area contributed by atoms with Crippen molar-refractivity contribution in [1.29, 1.82) is 0 Å². The third kappa shape index (κ3) is 4.60. The Balaban J connectivity index is 2.48. The van der Waals surface area contributed by atoms with Gasteiger partial charge in [0, 0.05) is 16.6 Å². The fourth-order valence-corrected chi connectivity index (χ4v) is 3.10. The average Bonchev–Trinajstić information content (AvgIpc) is 2.63. The van der Waals surface area contributed by atoms with Gasteiger partial charge in [-0.05, 0) is 36.2 Å². The topological polar surface area (TPSA) is 29.5 Å². The van der Waals surface area contributed by atoms with Crippen LogP contribution in [0.1, 0.15) is 24.1 Å². The van der Waals surface area contributed by atoms with Crippen LogP contribution in [-0.4, -0.2) is 17.9 Å². The minimum atomic E-state index is -0.311. The van der Waals surface area contributed by atoms with Gasteiger partial charge in [-0.15, -0.1) is 6.58 Å². The van der Waals surface area contributed by atoms with Crippen LogP contribution in [0.2, 0.25) is 0 Å². The smallest absolute Gasteiger partial charge is 0.249 e. The SMILES string of the molecule is C=CC(c1cc(OC)ccc1Br)N(Cc1ccccc1)C(=O)C(=C)C. The van der Waals surface area contributed by atoms with Gasteiger partial charge in [-0.3, -0.25) is 4.79 Å². The number of amides is 1. The summed E-state index contributed by atoms with van der Waals surface area (Å²) in [5.41, 5.74) is 2.45. The minimum Gasteiger partial charge on any atom is -0.497 e. The van der Waals surface area contributed by atoms with Gasteiger partial charge in [0.05, 0.1) is 13.2 Å². The molecule has 0 radical (unpaired) electrons. The number of hydrogen-bond acceptors (Lipinski definition) is 2. The first-order valence-corrected chi connectivity index (χ1v) is 8.73. The van der Waals surface area contributed by atoms with Gasteiger partial charge in [0.2, 0.25) is 5.91 Å². The highest BCUT2D eigenvalue weighted by Crippen LogP contribution is 2.33. The van der Waals surface area contributed by atoms with Gasteiger partial charge in [-0.2, -0.15) is 0 Å². The second kappa shape index (κ2) is 8.67. The maximum atomic E-state index is 12.8. The molecule has 2 aromatic carbocycles. The average molecular weight is 400 g/mol. The molecule has 1 amide bonds. The first kappa shape index (κ1) is 19.0. The van der Waals surface area contributed by atoms with E-state index in [-0.39, 0.29) is 11.9 Å². The maximum Gasteiger partial charge on any atom is 0.249 e. The van der Waals surface area contributed by atoms with Crippen molar-refractivity contribution in [2.75, 3.05) is 7.11 Å². The lowest BCUT2D eigenvalue weighted by Gasteiger charge is -2.31. The highest BCUT2D eigenvalue weighted by Gasteiger charge is 2.25. The normalized spacial score (nSPS) is 11.5. The van der Waals surface area contributed by atoms with E-state index in [9.17, 15) is 4.79 Å². The van der Waals surface area contributed by atoms with E-state index in [1.807, 2.05) is 48.5 Å². The lowest BCUT2D eigenvalue weighted by Crippen LogP contribution is -2.34. The monoisotopic (exact) mass is 399 g/mol. The van der Waals surface area contributed by atoms with Crippen LogP contribution in [0.15, 0.2) is 77.8 Å². The van der Waals surface area contributed by atoms with E-state index in [2.05, 4.69) is 29.1 Å². The van der Waals surface area contributed by atoms with Crippen molar-refractivity contribution in [2.45, 2.75) is 19.5 Å². The molecule has 0 aromatic heterocycles. The molecule has 0 aliphatic rings. The van der Waals surface area contributed by atoms with E-state index in [1.165, 1.54) is 0 Å². The number of nitrogens with zero attached hydrogens (tertiary/aromatic N) is 1. The molecular weight excluding hydrogens is 378 g/mol. The molecule has 0 N–H and O–H groups in total. The summed E-state index contributed by atoms with van der Waals surface area (Å²) < 4.78 is 6.23. The van der Waals surface area contributed by atoms with Crippen molar-refractivity contribution >= 4 is 21.8 Å². The molecule has 2 aromatic rings. The third-order valence-corrected chi connectivity index (χ3v) is 4.62. The zero-order valence-electron chi connectivity index (χ0n) is 14.5. The van der Waals surface area contributed by atoms with Crippen LogP contribution in [0.4, 0.5) is 0 Å². The van der Waals surface area contributed by atoms with Crippen molar-refractivity contribution in [3.63, 3.8) is 0 Å². The van der Waals surface area contributed by atoms with Gasteiger partial charge < -0.3 is 9.64 Å². The summed E-state index contributed by atoms with van der Waals surface area (Å²) in [5, 5.41) is 0. The fourth-order valence-electron chi connectivity index (χ4n) is 2.62. The molecule has 1 atom stereocenters. The summed E-state index contributed by atoms with van der Waals surface area (Å²) in [7, 11) is 1.62. The summed E-state index contributed by atoms with van der Waals surface area (Å²) in [6, 6.07) is 15.3. The number of ether oxygens (including phenoxy) is 1. The molecule has 3 nitrogen and oxygen atoms in total. The Kier molecular flexibility index (Phi) is 6.59. The molecule has 0 fully saturated rings. The van der Waals surface area contributed by atoms with Crippen LogP contribution in [-0.2, 0) is 11.3 Å². The van der Waals surface area contributed by atoms with E-state index in [0.717, 1.165) is 21.3 Å². The van der Waals surface area contributed by atoms with E-state index in [1.54, 1.807) is 25.0 Å². The van der Waals surface area contributed by atoms with Crippen molar-refractivity contribution in [2.24, 2.45) is 0 Å². The Labute approximate surface area is 157 Å². The lowest BCUT2D eigenvalue weighted by atomic mass is 10.0. The van der Waals surface area contributed by atoms with E-state index < -0.39 is 0 Å². The van der Waals surface area contributed by atoms with E-state index in [4.69, 9.17) is 4.74 Å². The highest BCUT2D eigenvalue weighted by molar-refractivity contribution is 9.10. The zero-order chi connectivity index (χ0) is 18.4. The Hall–Kier alpha value is -2.33. The molecule has 0 heterocycles. The molecule has 4 heteroatoms. The number of rotatable bonds is 7. The summed E-state index contributed by atoms with van der Waals surface area (Å²) in [4.78, 5) is 14.6. The number of carbonyl (C=O) groups is 1. The van der Waals surface area contributed by atoms with Gasteiger partial charge in [-0.25, -0.2) is 0 Å². The Morgan fingerprint density at radius 2 is 1.96 bits per heavy atom. The summed E-state index contributed by atoms with van der Waals surface area (Å²) in [5.74, 6) is 0.621. The zero-order valence-corrected chi connectivity index (χ0v) is 16.1. The molecular formula is C21H22BrNO2. The van der Waals surface area contributed by atoms with Gasteiger partial charge in [-0.1, -0.05) is 58.9 Å². The fraction of sp³-hybridized carbons (Fsp3) is 0.190. The Morgan fingerprint density at radius 1 is 1.28 bits per heavy atom. The molecule has 130 valence electrons. The number of carbonyl (C=O) groups excluding carboxylic acids is 1. The Bertz CT molecular complexity index is 771. The molecule has 0 aliphatic carbocycles. The van der Waals surface area contributed by atoms with Crippen molar-refractivity contribution in [3.8, 4) is 5.75 Å². The third-order valence-electron chi connectivity index (χ3n) is 3.90. The number of halogens is 1. The highest BCUT2D eigenvalue weighted by atomic mass is 79.9. The second-order valence-electron chi connectivity index (χ2n) is 5.77. The molecule has 0 saturated carbocycles. The van der Waals surface area contributed by atoms with Crippen LogP contribution < -0.4 is 4.74 Å². The van der Waals surface area contributed by atoms with E-state index >= 15 is 0 Å². The first-order valence-electron chi connectivity index (χ1n) is 7.94. The van der Waals surface area contributed by atoms with Gasteiger partial charge >= 0.3 is 0 Å². The van der Waals surface area contributed by atoms with Crippen LogP contribution in [0, 0.1) is 0 Å². The Morgan fingerprint density at radius 3 is 2.52 bits per heavy atom. The number of benzene rings is 2. The number of hydrogen-bond donors (Lipinski definition) is 0. The predicted octanol–water partition coefficient (Wildman–Crippen LogP) is 5.29.